The van der Waals surface area contributed by atoms with Crippen LogP contribution in [0, 0.1) is 0 Å². The van der Waals surface area contributed by atoms with Crippen LogP contribution < -0.4 is 0 Å². The van der Waals surface area contributed by atoms with Crippen LogP contribution in [-0.2, 0) is 0 Å². The van der Waals surface area contributed by atoms with Gasteiger partial charge in [-0.05, 0) is 12.8 Å². The molecule has 3 rings (SSSR count). The average Bonchev–Trinajstić information content (AvgIpc) is 2.76. The van der Waals surface area contributed by atoms with Gasteiger partial charge in [-0.25, -0.2) is 4.68 Å². The van der Waals surface area contributed by atoms with Gasteiger partial charge in [-0.1, -0.05) is 61.2 Å². The molecule has 0 atom stereocenters. The molecule has 2 aromatic rings. The Morgan fingerprint density at radius 1 is 0.944 bits per heavy atom. The Bertz CT molecular complexity index is 481. The molecular weight excluding hydrogens is 222 g/mol. The lowest BCUT2D eigenvalue weighted by Gasteiger charge is -2.12. The third-order valence-electron chi connectivity index (χ3n) is 3.78. The summed E-state index contributed by atoms with van der Waals surface area (Å²) >= 11 is 0. The highest BCUT2D eigenvalue weighted by Crippen LogP contribution is 2.27. The SMILES string of the molecule is c1ccc(-c2cn(C3CCCCCC3)nn2)cc1. The van der Waals surface area contributed by atoms with Crippen molar-refractivity contribution in [2.75, 3.05) is 0 Å². The quantitative estimate of drug-likeness (QED) is 0.748. The maximum absolute atomic E-state index is 4.32. The smallest absolute Gasteiger partial charge is 0.113 e. The third-order valence-corrected chi connectivity index (χ3v) is 3.78. The zero-order chi connectivity index (χ0) is 12.2. The van der Waals surface area contributed by atoms with Gasteiger partial charge in [0.2, 0.25) is 0 Å². The zero-order valence-electron chi connectivity index (χ0n) is 10.6. The molecule has 1 fully saturated rings. The van der Waals surface area contributed by atoms with Crippen LogP contribution in [0.4, 0.5) is 0 Å². The van der Waals surface area contributed by atoms with E-state index in [1.807, 2.05) is 18.2 Å². The van der Waals surface area contributed by atoms with Crippen LogP contribution in [0.5, 0.6) is 0 Å². The Morgan fingerprint density at radius 3 is 2.39 bits per heavy atom. The van der Waals surface area contributed by atoms with Crippen LogP contribution in [0.2, 0.25) is 0 Å². The van der Waals surface area contributed by atoms with Crippen LogP contribution in [0.3, 0.4) is 0 Å². The Labute approximate surface area is 108 Å². The largest absolute Gasteiger partial charge is 0.249 e. The number of hydrogen-bond acceptors (Lipinski definition) is 2. The predicted octanol–water partition coefficient (Wildman–Crippen LogP) is 3.84. The van der Waals surface area contributed by atoms with Gasteiger partial charge < -0.3 is 0 Å². The average molecular weight is 241 g/mol. The van der Waals surface area contributed by atoms with Crippen molar-refractivity contribution < 1.29 is 0 Å². The molecule has 0 bridgehead atoms. The van der Waals surface area contributed by atoms with E-state index in [0.717, 1.165) is 11.3 Å². The second kappa shape index (κ2) is 5.34. The first-order chi connectivity index (χ1) is 8.93. The highest BCUT2D eigenvalue weighted by atomic mass is 15.4. The van der Waals surface area contributed by atoms with E-state index in [0.29, 0.717) is 6.04 Å². The number of aromatic nitrogens is 3. The van der Waals surface area contributed by atoms with Crippen molar-refractivity contribution in [1.82, 2.24) is 15.0 Å². The molecule has 94 valence electrons. The van der Waals surface area contributed by atoms with Crippen molar-refractivity contribution >= 4 is 0 Å². The molecule has 3 nitrogen and oxygen atoms in total. The summed E-state index contributed by atoms with van der Waals surface area (Å²) in [5.41, 5.74) is 2.14. The fourth-order valence-corrected chi connectivity index (χ4v) is 2.72. The lowest BCUT2D eigenvalue weighted by atomic mass is 10.1. The summed E-state index contributed by atoms with van der Waals surface area (Å²) in [6, 6.07) is 10.8. The molecular formula is C15H19N3. The number of benzene rings is 1. The summed E-state index contributed by atoms with van der Waals surface area (Å²) in [6.45, 7) is 0. The first-order valence-corrected chi connectivity index (χ1v) is 6.91. The minimum absolute atomic E-state index is 0.553. The molecule has 0 N–H and O–H groups in total. The molecule has 0 amide bonds. The van der Waals surface area contributed by atoms with Crippen LogP contribution in [-0.4, -0.2) is 15.0 Å². The summed E-state index contributed by atoms with van der Waals surface area (Å²) in [5.74, 6) is 0. The van der Waals surface area contributed by atoms with Gasteiger partial charge in [0.25, 0.3) is 0 Å². The standard InChI is InChI=1S/C15H19N3/c1-2-7-11-14(10-6-1)18-12-15(16-17-18)13-8-4-3-5-9-13/h3-5,8-9,12,14H,1-2,6-7,10-11H2. The van der Waals surface area contributed by atoms with Crippen molar-refractivity contribution in [2.45, 2.75) is 44.6 Å². The van der Waals surface area contributed by atoms with E-state index in [-0.39, 0.29) is 0 Å². The highest BCUT2D eigenvalue weighted by Gasteiger charge is 2.15. The van der Waals surface area contributed by atoms with Crippen LogP contribution >= 0.6 is 0 Å². The Balaban J connectivity index is 1.80. The van der Waals surface area contributed by atoms with Crippen LogP contribution in [0.25, 0.3) is 11.3 Å². The Kier molecular flexibility index (Phi) is 3.40. The minimum atomic E-state index is 0.553. The molecule has 1 saturated carbocycles. The van der Waals surface area contributed by atoms with E-state index in [9.17, 15) is 0 Å². The molecule has 0 saturated heterocycles. The predicted molar refractivity (Wildman–Crippen MR) is 72.2 cm³/mol. The Hall–Kier alpha value is -1.64. The molecule has 1 aromatic carbocycles. The lowest BCUT2D eigenvalue weighted by Crippen LogP contribution is -2.08. The van der Waals surface area contributed by atoms with E-state index in [1.165, 1.54) is 38.5 Å². The minimum Gasteiger partial charge on any atom is -0.249 e. The molecule has 0 spiro atoms. The first kappa shape index (κ1) is 11.5. The number of nitrogens with zero attached hydrogens (tertiary/aromatic N) is 3. The second-order valence-corrected chi connectivity index (χ2v) is 5.10. The summed E-state index contributed by atoms with van der Waals surface area (Å²) in [7, 11) is 0. The van der Waals surface area contributed by atoms with Gasteiger partial charge >= 0.3 is 0 Å². The van der Waals surface area contributed by atoms with Crippen LogP contribution in [0.1, 0.15) is 44.6 Å². The molecule has 0 aliphatic heterocycles. The van der Waals surface area contributed by atoms with Gasteiger partial charge in [0.1, 0.15) is 5.69 Å². The second-order valence-electron chi connectivity index (χ2n) is 5.10. The van der Waals surface area contributed by atoms with Crippen molar-refractivity contribution in [2.24, 2.45) is 0 Å². The summed E-state index contributed by atoms with van der Waals surface area (Å²) in [4.78, 5) is 0. The van der Waals surface area contributed by atoms with Gasteiger partial charge in [0, 0.05) is 5.56 Å². The fourth-order valence-electron chi connectivity index (χ4n) is 2.72. The summed E-state index contributed by atoms with van der Waals surface area (Å²) in [6.07, 6.45) is 9.99. The molecule has 0 unspecified atom stereocenters. The monoisotopic (exact) mass is 241 g/mol. The van der Waals surface area contributed by atoms with E-state index < -0.39 is 0 Å². The van der Waals surface area contributed by atoms with Gasteiger partial charge in [0.05, 0.1) is 12.2 Å². The van der Waals surface area contributed by atoms with E-state index in [2.05, 4.69) is 33.3 Å². The molecule has 1 aromatic heterocycles. The van der Waals surface area contributed by atoms with Crippen molar-refractivity contribution in [1.29, 1.82) is 0 Å². The van der Waals surface area contributed by atoms with Gasteiger partial charge in [-0.2, -0.15) is 0 Å². The van der Waals surface area contributed by atoms with Crippen molar-refractivity contribution in [3.63, 3.8) is 0 Å². The highest BCUT2D eigenvalue weighted by molar-refractivity contribution is 5.57. The number of hydrogen-bond donors (Lipinski definition) is 0. The Morgan fingerprint density at radius 2 is 1.67 bits per heavy atom. The summed E-state index contributed by atoms with van der Waals surface area (Å²) < 4.78 is 2.08. The van der Waals surface area contributed by atoms with E-state index >= 15 is 0 Å². The lowest BCUT2D eigenvalue weighted by molar-refractivity contribution is 0.396. The van der Waals surface area contributed by atoms with E-state index in [1.54, 1.807) is 0 Å². The molecule has 3 heteroatoms. The van der Waals surface area contributed by atoms with Crippen LogP contribution in [0.15, 0.2) is 36.5 Å². The van der Waals surface area contributed by atoms with Crippen molar-refractivity contribution in [3.8, 4) is 11.3 Å². The summed E-state index contributed by atoms with van der Waals surface area (Å²) in [5, 5.41) is 8.63. The molecule has 1 aliphatic carbocycles. The molecule has 1 aliphatic rings. The van der Waals surface area contributed by atoms with Crippen molar-refractivity contribution in [3.05, 3.63) is 36.5 Å². The fraction of sp³-hybridized carbons (Fsp3) is 0.467. The normalized spacial score (nSPS) is 17.6. The first-order valence-electron chi connectivity index (χ1n) is 6.91. The number of rotatable bonds is 2. The maximum atomic E-state index is 4.32. The zero-order valence-corrected chi connectivity index (χ0v) is 10.6. The maximum Gasteiger partial charge on any atom is 0.113 e. The van der Waals surface area contributed by atoms with Gasteiger partial charge in [-0.3, -0.25) is 0 Å². The molecule has 18 heavy (non-hydrogen) atoms. The van der Waals surface area contributed by atoms with Gasteiger partial charge in [0.15, 0.2) is 0 Å². The van der Waals surface area contributed by atoms with E-state index in [4.69, 9.17) is 0 Å². The molecule has 0 radical (unpaired) electrons. The molecule has 1 heterocycles. The third kappa shape index (κ3) is 2.45. The topological polar surface area (TPSA) is 30.7 Å². The van der Waals surface area contributed by atoms with Gasteiger partial charge in [-0.15, -0.1) is 5.10 Å².